The molecule has 0 spiro atoms. The Labute approximate surface area is 175 Å². The molecule has 9 heteroatoms. The Morgan fingerprint density at radius 1 is 1.10 bits per heavy atom. The molecular weight excluding hydrogens is 419 g/mol. The van der Waals surface area contributed by atoms with Crippen LogP contribution in [0.3, 0.4) is 0 Å². The maximum absolute atomic E-state index is 13.1. The second-order valence-corrected chi connectivity index (χ2v) is 7.68. The molecule has 2 aromatic carbocycles. The Hall–Kier alpha value is -2.26. The second-order valence-electron chi connectivity index (χ2n) is 6.32. The van der Waals surface area contributed by atoms with Crippen molar-refractivity contribution < 1.29 is 33.4 Å². The molecule has 1 aromatic heterocycles. The summed E-state index contributed by atoms with van der Waals surface area (Å²) in [6.45, 7) is 6.47. The van der Waals surface area contributed by atoms with Crippen LogP contribution in [0.1, 0.15) is 18.3 Å². The maximum Gasteiger partial charge on any atom is 0.350 e. The van der Waals surface area contributed by atoms with Gasteiger partial charge < -0.3 is 0 Å². The molecule has 0 amide bonds. The number of hydrogen-bond acceptors (Lipinski definition) is 5. The van der Waals surface area contributed by atoms with Crippen molar-refractivity contribution in [3.63, 3.8) is 0 Å². The topological polar surface area (TPSA) is 118 Å². The molecule has 0 N–H and O–H groups in total. The predicted octanol–water partition coefficient (Wildman–Crippen LogP) is -0.718. The van der Waals surface area contributed by atoms with Crippen LogP contribution in [0.25, 0.3) is 16.6 Å². The summed E-state index contributed by atoms with van der Waals surface area (Å²) in [4.78, 5) is 13.1. The van der Waals surface area contributed by atoms with E-state index in [1.54, 1.807) is 4.57 Å². The number of aromatic nitrogens is 2. The largest absolute Gasteiger partial charge is 0.350 e. The van der Waals surface area contributed by atoms with Crippen molar-refractivity contribution in [2.24, 2.45) is 0 Å². The number of allylic oxidation sites excluding steroid dienone is 2. The first-order chi connectivity index (χ1) is 13.5. The highest BCUT2D eigenvalue weighted by Gasteiger charge is 2.21. The number of rotatable bonds is 3. The van der Waals surface area contributed by atoms with Crippen LogP contribution in [0.4, 0.5) is 0 Å². The van der Waals surface area contributed by atoms with E-state index in [2.05, 4.69) is 4.57 Å². The molecule has 0 aliphatic heterocycles. The van der Waals surface area contributed by atoms with Crippen LogP contribution < -0.4 is 28.8 Å². The van der Waals surface area contributed by atoms with Crippen molar-refractivity contribution in [2.75, 3.05) is 0 Å². The molecule has 154 valence electrons. The molecule has 3 rings (SSSR count). The minimum atomic E-state index is -4.94. The van der Waals surface area contributed by atoms with Gasteiger partial charge in [-0.2, -0.15) is 4.57 Å². The van der Waals surface area contributed by atoms with E-state index < -0.39 is 10.2 Å². The van der Waals surface area contributed by atoms with Gasteiger partial charge in [0.15, 0.2) is 0 Å². The highest BCUT2D eigenvalue weighted by atomic mass is 35.7. The average Bonchev–Trinajstić information content (AvgIpc) is 2.60. The first kappa shape index (κ1) is 23.0. The zero-order valence-electron chi connectivity index (χ0n) is 16.1. The van der Waals surface area contributed by atoms with Gasteiger partial charge >= 0.3 is 5.56 Å². The van der Waals surface area contributed by atoms with Gasteiger partial charge in [0.2, 0.25) is 0 Å². The van der Waals surface area contributed by atoms with Crippen LogP contribution in [-0.2, 0) is 6.54 Å². The van der Waals surface area contributed by atoms with Crippen LogP contribution >= 0.6 is 11.6 Å². The molecule has 0 radical (unpaired) electrons. The molecule has 0 unspecified atom stereocenters. The summed E-state index contributed by atoms with van der Waals surface area (Å²) in [5.41, 5.74) is 2.91. The van der Waals surface area contributed by atoms with E-state index in [0.29, 0.717) is 11.9 Å². The molecule has 0 fully saturated rings. The van der Waals surface area contributed by atoms with Gasteiger partial charge in [-0.1, -0.05) is 35.9 Å². The molecular formula is C20H20Cl2N2O5. The van der Waals surface area contributed by atoms with E-state index in [0.717, 1.165) is 27.6 Å². The van der Waals surface area contributed by atoms with Gasteiger partial charge in [-0.05, 0) is 49.8 Å². The Balaban J connectivity index is 0.000000537. The van der Waals surface area contributed by atoms with Gasteiger partial charge in [-0.25, -0.2) is 28.0 Å². The van der Waals surface area contributed by atoms with Gasteiger partial charge in [0.05, 0.1) is 0 Å². The van der Waals surface area contributed by atoms with E-state index in [4.69, 9.17) is 30.2 Å². The van der Waals surface area contributed by atoms with Crippen LogP contribution in [0.2, 0.25) is 0 Å². The molecule has 3 aromatic rings. The van der Waals surface area contributed by atoms with E-state index in [-0.39, 0.29) is 5.56 Å². The number of aryl methyl sites for hydroxylation is 1. The smallest absolute Gasteiger partial charge is 0.240 e. The fourth-order valence-electron chi connectivity index (χ4n) is 2.97. The summed E-state index contributed by atoms with van der Waals surface area (Å²) < 4.78 is 37.9. The van der Waals surface area contributed by atoms with Crippen molar-refractivity contribution in [1.29, 1.82) is 0 Å². The minimum absolute atomic E-state index is 0.00322. The number of fused-ring (bicyclic) bond motifs is 1. The van der Waals surface area contributed by atoms with Crippen molar-refractivity contribution in [3.8, 4) is 5.69 Å². The summed E-state index contributed by atoms with van der Waals surface area (Å²) in [5, 5.41) is 1.43. The maximum atomic E-state index is 13.1. The number of benzene rings is 2. The fraction of sp³-hybridized carbons (Fsp3) is 0.200. The Bertz CT molecular complexity index is 1090. The van der Waals surface area contributed by atoms with E-state index in [9.17, 15) is 4.79 Å². The van der Waals surface area contributed by atoms with Crippen molar-refractivity contribution in [2.45, 2.75) is 27.3 Å². The van der Waals surface area contributed by atoms with Crippen LogP contribution in [-0.4, -0.2) is 4.57 Å². The standard InChI is InChI=1S/C20H20ClN2O.ClHO4/c1-14-7-6-8-17(13-14)23-16(3)22(12-11-15(2)21)19-10-5-4-9-18(19)20(23)24;2-1(3,4)5/h4-11,13H,12H2,1-3H3;(H,2,3,4,5)/q+1;/p-1/b15-11+;. The van der Waals surface area contributed by atoms with Gasteiger partial charge in [-0.3, -0.25) is 0 Å². The third kappa shape index (κ3) is 6.37. The van der Waals surface area contributed by atoms with Crippen molar-refractivity contribution >= 4 is 22.5 Å². The first-order valence-electron chi connectivity index (χ1n) is 8.54. The molecule has 0 aliphatic carbocycles. The summed E-state index contributed by atoms with van der Waals surface area (Å²) in [6, 6.07) is 15.7. The lowest BCUT2D eigenvalue weighted by Crippen LogP contribution is -2.68. The van der Waals surface area contributed by atoms with E-state index in [1.165, 1.54) is 0 Å². The monoisotopic (exact) mass is 438 g/mol. The quantitative estimate of drug-likeness (QED) is 0.500. The fourth-order valence-corrected chi connectivity index (χ4v) is 3.04. The van der Waals surface area contributed by atoms with E-state index in [1.807, 2.05) is 75.4 Å². The normalized spacial score (nSPS) is 11.9. The van der Waals surface area contributed by atoms with Crippen LogP contribution in [0.15, 0.2) is 64.4 Å². The third-order valence-electron chi connectivity index (χ3n) is 4.16. The Morgan fingerprint density at radius 3 is 2.31 bits per heavy atom. The molecule has 1 heterocycles. The summed E-state index contributed by atoms with van der Waals surface area (Å²) >= 11 is 6.02. The van der Waals surface area contributed by atoms with Crippen molar-refractivity contribution in [1.82, 2.24) is 4.57 Å². The highest BCUT2D eigenvalue weighted by molar-refractivity contribution is 6.29. The lowest BCUT2D eigenvalue weighted by atomic mass is 10.2. The Kier molecular flexibility index (Phi) is 7.54. The zero-order chi connectivity index (χ0) is 21.8. The summed E-state index contributed by atoms with van der Waals surface area (Å²) in [7, 11) is -4.94. The van der Waals surface area contributed by atoms with Gasteiger partial charge in [0.25, 0.3) is 5.82 Å². The molecule has 29 heavy (non-hydrogen) atoms. The Morgan fingerprint density at radius 2 is 1.72 bits per heavy atom. The predicted molar refractivity (Wildman–Crippen MR) is 98.8 cm³/mol. The minimum Gasteiger partial charge on any atom is -0.240 e. The second kappa shape index (κ2) is 9.49. The van der Waals surface area contributed by atoms with Gasteiger partial charge in [0.1, 0.15) is 23.1 Å². The molecule has 0 saturated carbocycles. The van der Waals surface area contributed by atoms with Gasteiger partial charge in [0, 0.05) is 12.0 Å². The molecule has 7 nitrogen and oxygen atoms in total. The molecule has 0 aliphatic rings. The number of nitrogens with zero attached hydrogens (tertiary/aromatic N) is 2. The number of hydrogen-bond donors (Lipinski definition) is 0. The third-order valence-corrected chi connectivity index (χ3v) is 4.31. The SMILES string of the molecule is C/C(Cl)=C\C[n+]1c(C)n(-c2cccc(C)c2)c(=O)c2ccccc21.[O-][Cl+3]([O-])([O-])[O-]. The number of halogens is 2. The molecule has 0 atom stereocenters. The molecule has 0 saturated heterocycles. The van der Waals surface area contributed by atoms with Crippen molar-refractivity contribution in [3.05, 3.63) is 81.4 Å². The van der Waals surface area contributed by atoms with E-state index >= 15 is 0 Å². The lowest BCUT2D eigenvalue weighted by Gasteiger charge is -2.17. The first-order valence-corrected chi connectivity index (χ1v) is 10.2. The van der Waals surface area contributed by atoms with Crippen LogP contribution in [0.5, 0.6) is 0 Å². The number of para-hydroxylation sites is 1. The highest BCUT2D eigenvalue weighted by Crippen LogP contribution is 2.13. The van der Waals surface area contributed by atoms with Gasteiger partial charge in [-0.15, -0.1) is 10.2 Å². The average molecular weight is 439 g/mol. The zero-order valence-corrected chi connectivity index (χ0v) is 17.6. The molecule has 0 bridgehead atoms. The van der Waals surface area contributed by atoms with Crippen LogP contribution in [0, 0.1) is 24.1 Å². The summed E-state index contributed by atoms with van der Waals surface area (Å²) in [5.74, 6) is 0.874. The lowest BCUT2D eigenvalue weighted by molar-refractivity contribution is -2.00. The summed E-state index contributed by atoms with van der Waals surface area (Å²) in [6.07, 6.45) is 1.95.